The van der Waals surface area contributed by atoms with E-state index in [0.29, 0.717) is 5.75 Å². The fraction of sp³-hybridized carbons (Fsp3) is 0.0312. The van der Waals surface area contributed by atoms with Crippen molar-refractivity contribution in [3.8, 4) is 72.5 Å². The molecule has 0 spiro atoms. The third kappa shape index (κ3) is 7.66. The van der Waals surface area contributed by atoms with E-state index in [1.165, 1.54) is 0 Å². The quantitative estimate of drug-likeness (QED) is 0.149. The molecule has 0 aliphatic carbocycles. The van der Waals surface area contributed by atoms with Gasteiger partial charge in [-0.3, -0.25) is 0 Å². The molecule has 10 aromatic rings. The van der Waals surface area contributed by atoms with Crippen LogP contribution in [0.15, 0.2) is 206 Å². The van der Waals surface area contributed by atoms with Crippen LogP contribution in [0.4, 0.5) is 0 Å². The average Bonchev–Trinajstić information content (AvgIpc) is 4.25. The summed E-state index contributed by atoms with van der Waals surface area (Å²) in [4.78, 5) is 19.0. The minimum atomic E-state index is 0.352. The first-order chi connectivity index (χ1) is 33.9. The number of nitrogens with zero attached hydrogens (tertiary/aromatic N) is 2. The van der Waals surface area contributed by atoms with Gasteiger partial charge in [-0.25, -0.2) is 9.97 Å². The number of H-pyrrole nitrogens is 2. The molecule has 0 saturated heterocycles. The Morgan fingerprint density at radius 3 is 1.10 bits per heavy atom. The van der Waals surface area contributed by atoms with Crippen LogP contribution < -0.4 is 0 Å². The number of nitrogens with one attached hydrogen (secondary N) is 2. The Morgan fingerprint density at radius 1 is 0.333 bits per heavy atom. The SMILES string of the molecule is Cc1cc(-c2ccc(-c3ccc(C4=Cc5nc4c(-c4ccccc4)c4ccc([nH]4)c(-c4ccccc4)c4nc(c(-c6ccccc6)c6ccc([nH]6)c5-c5ccccc5)C=C4)cc3)cc2)cc(C)c1O. The summed E-state index contributed by atoms with van der Waals surface area (Å²) in [7, 11) is 0. The molecule has 3 N–H and O–H groups in total. The Balaban J connectivity index is 1.13. The number of fused-ring (bicyclic) bond motifs is 8. The predicted octanol–water partition coefficient (Wildman–Crippen LogP) is 16.4. The molecule has 0 fully saturated rings. The Kier molecular flexibility index (Phi) is 10.4. The molecule has 7 aromatic carbocycles. The maximum Gasteiger partial charge on any atom is 0.121 e. The number of benzene rings is 7. The van der Waals surface area contributed by atoms with Gasteiger partial charge in [0.1, 0.15) is 5.75 Å². The van der Waals surface area contributed by atoms with E-state index in [9.17, 15) is 5.11 Å². The maximum atomic E-state index is 10.4. The molecule has 5 heteroatoms. The summed E-state index contributed by atoms with van der Waals surface area (Å²) in [6, 6.07) is 72.6. The number of hydrogen-bond acceptors (Lipinski definition) is 3. The number of aromatic hydroxyl groups is 1. The minimum Gasteiger partial charge on any atom is -0.507 e. The van der Waals surface area contributed by atoms with Gasteiger partial charge < -0.3 is 15.1 Å². The van der Waals surface area contributed by atoms with Gasteiger partial charge in [-0.15, -0.1) is 0 Å². The summed E-state index contributed by atoms with van der Waals surface area (Å²) in [5.74, 6) is 0.352. The van der Waals surface area contributed by atoms with E-state index >= 15 is 0 Å². The second kappa shape index (κ2) is 17.3. The molecule has 8 bridgehead atoms. The van der Waals surface area contributed by atoms with Crippen LogP contribution in [0.2, 0.25) is 0 Å². The second-order valence-corrected chi connectivity index (χ2v) is 17.8. The highest BCUT2D eigenvalue weighted by atomic mass is 16.3. The first kappa shape index (κ1) is 41.4. The fourth-order valence-corrected chi connectivity index (χ4v) is 9.95. The lowest BCUT2D eigenvalue weighted by molar-refractivity contribution is 0.467. The highest BCUT2D eigenvalue weighted by Crippen LogP contribution is 2.43. The summed E-state index contributed by atoms with van der Waals surface area (Å²) in [6.45, 7) is 3.89. The molecule has 0 radical (unpaired) electrons. The van der Waals surface area contributed by atoms with Crippen LogP contribution in [0, 0.1) is 13.8 Å². The zero-order valence-electron chi connectivity index (χ0n) is 38.2. The molecular weight excluding hydrogens is 841 g/mol. The van der Waals surface area contributed by atoms with E-state index in [-0.39, 0.29) is 0 Å². The maximum absolute atomic E-state index is 10.4. The molecular formula is C64H46N4O. The summed E-state index contributed by atoms with van der Waals surface area (Å²) in [6.07, 6.45) is 6.55. The van der Waals surface area contributed by atoms with Gasteiger partial charge in [0.25, 0.3) is 0 Å². The molecule has 328 valence electrons. The van der Waals surface area contributed by atoms with Gasteiger partial charge in [0, 0.05) is 49.9 Å². The molecule has 5 nitrogen and oxygen atoms in total. The average molecular weight is 887 g/mol. The first-order valence-electron chi connectivity index (χ1n) is 23.4. The highest BCUT2D eigenvalue weighted by Gasteiger charge is 2.24. The molecule has 2 aliphatic rings. The van der Waals surface area contributed by atoms with Crippen LogP contribution in [0.5, 0.6) is 5.75 Å². The Bertz CT molecular complexity index is 3790. The molecule has 12 rings (SSSR count). The van der Waals surface area contributed by atoms with Crippen molar-refractivity contribution in [2.24, 2.45) is 0 Å². The van der Waals surface area contributed by atoms with Gasteiger partial charge in [-0.05, 0) is 130 Å². The largest absolute Gasteiger partial charge is 0.507 e. The first-order valence-corrected chi connectivity index (χ1v) is 23.4. The smallest absolute Gasteiger partial charge is 0.121 e. The van der Waals surface area contributed by atoms with Crippen molar-refractivity contribution >= 4 is 45.9 Å². The Morgan fingerprint density at radius 2 is 0.681 bits per heavy atom. The van der Waals surface area contributed by atoms with E-state index in [0.717, 1.165) is 134 Å². The van der Waals surface area contributed by atoms with Crippen LogP contribution in [0.1, 0.15) is 39.5 Å². The van der Waals surface area contributed by atoms with E-state index in [4.69, 9.17) is 9.97 Å². The molecule has 69 heavy (non-hydrogen) atoms. The topological polar surface area (TPSA) is 77.6 Å². The number of phenols is 1. The van der Waals surface area contributed by atoms with Crippen molar-refractivity contribution in [2.75, 3.05) is 0 Å². The number of phenolic OH excluding ortho intramolecular Hbond substituents is 1. The number of aromatic amines is 2. The van der Waals surface area contributed by atoms with E-state index < -0.39 is 0 Å². The Labute approximate surface area is 401 Å². The molecule has 2 aliphatic heterocycles. The number of hydrogen-bond donors (Lipinski definition) is 3. The normalized spacial score (nSPS) is 12.0. The van der Waals surface area contributed by atoms with Crippen molar-refractivity contribution in [2.45, 2.75) is 13.8 Å². The third-order valence-corrected chi connectivity index (χ3v) is 13.4. The Hall–Kier alpha value is -9.06. The fourth-order valence-electron chi connectivity index (χ4n) is 9.95. The van der Waals surface area contributed by atoms with Crippen molar-refractivity contribution < 1.29 is 5.11 Å². The zero-order valence-corrected chi connectivity index (χ0v) is 38.2. The van der Waals surface area contributed by atoms with Crippen LogP contribution in [-0.4, -0.2) is 25.0 Å². The van der Waals surface area contributed by atoms with Crippen molar-refractivity contribution in [1.82, 2.24) is 19.9 Å². The second-order valence-electron chi connectivity index (χ2n) is 17.8. The predicted molar refractivity (Wildman–Crippen MR) is 287 cm³/mol. The molecule has 0 unspecified atom stereocenters. The summed E-state index contributed by atoms with van der Waals surface area (Å²) < 4.78 is 0. The van der Waals surface area contributed by atoms with Crippen LogP contribution in [0.25, 0.3) is 113 Å². The van der Waals surface area contributed by atoms with Gasteiger partial charge in [0.05, 0.1) is 22.8 Å². The van der Waals surface area contributed by atoms with Crippen LogP contribution in [0.3, 0.4) is 0 Å². The highest BCUT2D eigenvalue weighted by molar-refractivity contribution is 6.05. The zero-order chi connectivity index (χ0) is 46.4. The lowest BCUT2D eigenvalue weighted by atomic mass is 9.93. The van der Waals surface area contributed by atoms with Gasteiger partial charge in [0.2, 0.25) is 0 Å². The number of aromatic nitrogens is 4. The third-order valence-electron chi connectivity index (χ3n) is 13.4. The molecule has 0 atom stereocenters. The van der Waals surface area contributed by atoms with Gasteiger partial charge in [-0.1, -0.05) is 170 Å². The van der Waals surface area contributed by atoms with Gasteiger partial charge in [-0.2, -0.15) is 0 Å². The molecule has 5 heterocycles. The van der Waals surface area contributed by atoms with Crippen LogP contribution >= 0.6 is 0 Å². The summed E-state index contributed by atoms with van der Waals surface area (Å²) in [5.41, 5.74) is 23.9. The van der Waals surface area contributed by atoms with Gasteiger partial charge >= 0.3 is 0 Å². The van der Waals surface area contributed by atoms with E-state index in [1.807, 2.05) is 26.0 Å². The summed E-state index contributed by atoms with van der Waals surface area (Å²) in [5, 5.41) is 10.4. The van der Waals surface area contributed by atoms with Crippen molar-refractivity contribution in [3.05, 3.63) is 246 Å². The van der Waals surface area contributed by atoms with E-state index in [1.54, 1.807) is 0 Å². The van der Waals surface area contributed by atoms with Crippen molar-refractivity contribution in [3.63, 3.8) is 0 Å². The lowest BCUT2D eigenvalue weighted by Crippen LogP contribution is -1.92. The monoisotopic (exact) mass is 886 g/mol. The van der Waals surface area contributed by atoms with Crippen LogP contribution in [-0.2, 0) is 0 Å². The number of rotatable bonds is 7. The van der Waals surface area contributed by atoms with Gasteiger partial charge in [0.15, 0.2) is 0 Å². The number of aryl methyl sites for hydroxylation is 2. The van der Waals surface area contributed by atoms with E-state index in [2.05, 4.69) is 222 Å². The molecule has 0 saturated carbocycles. The van der Waals surface area contributed by atoms with Crippen molar-refractivity contribution in [1.29, 1.82) is 0 Å². The molecule has 0 amide bonds. The molecule has 3 aromatic heterocycles. The summed E-state index contributed by atoms with van der Waals surface area (Å²) >= 11 is 0. The standard InChI is InChI=1S/C64H46N4O/c1-40-37-50(38-41(2)64(40)69)44-25-23-42(24-26-44)43-27-29-45(30-28-43)51-39-58-61(48-19-11-5-12-20-48)56-34-33-54(66-56)59(46-15-7-3-8-16-46)52-31-32-53(65-52)60(47-17-9-4-10-18-47)55-35-36-57(67-55)62(63(51)68-58)49-21-13-6-14-22-49/h3-39,66-67,69H,1-2H3. The lowest BCUT2D eigenvalue weighted by Gasteiger charge is -2.11. The minimum absolute atomic E-state index is 0.352.